The summed E-state index contributed by atoms with van der Waals surface area (Å²) in [5, 5.41) is 18.2. The zero-order valence-corrected chi connectivity index (χ0v) is 15.1. The molecule has 2 heterocycles. The Morgan fingerprint density at radius 3 is 2.58 bits per heavy atom. The molecule has 1 amide bonds. The molecule has 1 saturated carbocycles. The zero-order chi connectivity index (χ0) is 17.2. The van der Waals surface area contributed by atoms with E-state index in [9.17, 15) is 9.90 Å². The van der Waals surface area contributed by atoms with Gasteiger partial charge in [-0.3, -0.25) is 9.89 Å². The summed E-state index contributed by atoms with van der Waals surface area (Å²) in [6.07, 6.45) is 9.41. The van der Waals surface area contributed by atoms with E-state index in [1.54, 1.807) is 0 Å². The van der Waals surface area contributed by atoms with Gasteiger partial charge in [-0.05, 0) is 39.5 Å². The first-order valence-electron chi connectivity index (χ1n) is 9.53. The van der Waals surface area contributed by atoms with Gasteiger partial charge in [0.2, 0.25) is 5.91 Å². The van der Waals surface area contributed by atoms with Gasteiger partial charge in [0, 0.05) is 17.8 Å². The quantitative estimate of drug-likeness (QED) is 0.888. The Morgan fingerprint density at radius 2 is 1.92 bits per heavy atom. The van der Waals surface area contributed by atoms with E-state index < -0.39 is 5.60 Å². The third kappa shape index (κ3) is 3.66. The minimum Gasteiger partial charge on any atom is -0.389 e. The van der Waals surface area contributed by atoms with E-state index in [2.05, 4.69) is 10.2 Å². The minimum atomic E-state index is -0.785. The number of aromatic nitrogens is 2. The van der Waals surface area contributed by atoms with Gasteiger partial charge in [0.25, 0.3) is 0 Å². The highest BCUT2D eigenvalue weighted by Gasteiger charge is 2.36. The lowest BCUT2D eigenvalue weighted by molar-refractivity contribution is -0.140. The molecule has 5 heteroatoms. The van der Waals surface area contributed by atoms with Crippen LogP contribution in [-0.4, -0.2) is 38.3 Å². The summed E-state index contributed by atoms with van der Waals surface area (Å²) in [5.41, 5.74) is 2.45. The molecule has 134 valence electrons. The van der Waals surface area contributed by atoms with Gasteiger partial charge in [0.1, 0.15) is 0 Å². The van der Waals surface area contributed by atoms with Gasteiger partial charge in [0.15, 0.2) is 0 Å². The average Bonchev–Trinajstić information content (AvgIpc) is 2.75. The molecule has 1 aromatic rings. The van der Waals surface area contributed by atoms with Gasteiger partial charge < -0.3 is 10.0 Å². The van der Waals surface area contributed by atoms with Crippen molar-refractivity contribution in [3.05, 3.63) is 17.0 Å². The fourth-order valence-corrected chi connectivity index (χ4v) is 4.53. The van der Waals surface area contributed by atoms with E-state index >= 15 is 0 Å². The van der Waals surface area contributed by atoms with Crippen molar-refractivity contribution in [2.75, 3.05) is 6.54 Å². The second kappa shape index (κ2) is 7.26. The van der Waals surface area contributed by atoms with E-state index in [1.807, 2.05) is 18.7 Å². The fraction of sp³-hybridized carbons (Fsp3) is 0.789. The van der Waals surface area contributed by atoms with Gasteiger partial charge in [-0.1, -0.05) is 32.1 Å². The Hall–Kier alpha value is -1.36. The molecule has 0 radical (unpaired) electrons. The summed E-state index contributed by atoms with van der Waals surface area (Å²) in [7, 11) is 0. The number of aliphatic hydroxyl groups is 1. The van der Waals surface area contributed by atoms with Crippen LogP contribution in [0.1, 0.15) is 87.2 Å². The number of nitrogens with one attached hydrogen (secondary N) is 1. The largest absolute Gasteiger partial charge is 0.389 e. The third-order valence-electron chi connectivity index (χ3n) is 5.86. The van der Waals surface area contributed by atoms with Crippen molar-refractivity contribution in [2.24, 2.45) is 0 Å². The highest BCUT2D eigenvalue weighted by Crippen LogP contribution is 2.36. The minimum absolute atomic E-state index is 0.103. The number of likely N-dealkylation sites (tertiary alicyclic amines) is 1. The molecule has 5 nitrogen and oxygen atoms in total. The van der Waals surface area contributed by atoms with Crippen molar-refractivity contribution < 1.29 is 9.90 Å². The van der Waals surface area contributed by atoms with Gasteiger partial charge in [-0.25, -0.2) is 0 Å². The number of carbonyl (C=O) groups is 1. The molecular formula is C19H31N3O2. The smallest absolute Gasteiger partial charge is 0.225 e. The van der Waals surface area contributed by atoms with Crippen LogP contribution in [0.15, 0.2) is 0 Å². The van der Waals surface area contributed by atoms with Crippen LogP contribution in [0.2, 0.25) is 0 Å². The van der Waals surface area contributed by atoms with Crippen molar-refractivity contribution in [1.82, 2.24) is 15.1 Å². The van der Waals surface area contributed by atoms with Crippen molar-refractivity contribution >= 4 is 5.91 Å². The zero-order valence-electron chi connectivity index (χ0n) is 15.1. The first-order chi connectivity index (χ1) is 11.5. The first kappa shape index (κ1) is 17.5. The summed E-state index contributed by atoms with van der Waals surface area (Å²) < 4.78 is 0. The summed E-state index contributed by atoms with van der Waals surface area (Å²) in [6, 6.07) is 0.103. The molecule has 1 aliphatic carbocycles. The van der Waals surface area contributed by atoms with Crippen LogP contribution in [-0.2, 0) is 4.79 Å². The number of aromatic amines is 1. The monoisotopic (exact) mass is 333 g/mol. The fourth-order valence-electron chi connectivity index (χ4n) is 4.53. The number of amides is 1. The molecule has 2 aliphatic rings. The van der Waals surface area contributed by atoms with Crippen molar-refractivity contribution in [2.45, 2.75) is 89.7 Å². The van der Waals surface area contributed by atoms with Gasteiger partial charge in [0.05, 0.1) is 23.8 Å². The topological polar surface area (TPSA) is 69.2 Å². The molecule has 1 aliphatic heterocycles. The summed E-state index contributed by atoms with van der Waals surface area (Å²) in [4.78, 5) is 15.1. The van der Waals surface area contributed by atoms with E-state index in [-0.39, 0.29) is 18.4 Å². The Balaban J connectivity index is 1.80. The summed E-state index contributed by atoms with van der Waals surface area (Å²) >= 11 is 0. The van der Waals surface area contributed by atoms with Crippen molar-refractivity contribution in [1.29, 1.82) is 0 Å². The van der Waals surface area contributed by atoms with Crippen LogP contribution in [0.5, 0.6) is 0 Å². The van der Waals surface area contributed by atoms with E-state index in [1.165, 1.54) is 18.4 Å². The molecule has 3 rings (SSSR count). The molecule has 2 fully saturated rings. The van der Waals surface area contributed by atoms with Crippen LogP contribution < -0.4 is 0 Å². The van der Waals surface area contributed by atoms with Crippen molar-refractivity contribution in [3.8, 4) is 0 Å². The average molecular weight is 333 g/mol. The van der Waals surface area contributed by atoms with Gasteiger partial charge >= 0.3 is 0 Å². The Morgan fingerprint density at radius 1 is 1.21 bits per heavy atom. The number of H-pyrrole nitrogens is 1. The van der Waals surface area contributed by atoms with E-state index in [4.69, 9.17) is 0 Å². The van der Waals surface area contributed by atoms with Crippen LogP contribution in [0.25, 0.3) is 0 Å². The lowest BCUT2D eigenvalue weighted by atomic mass is 9.82. The number of aryl methyl sites for hydroxylation is 2. The van der Waals surface area contributed by atoms with Crippen LogP contribution in [0, 0.1) is 13.8 Å². The normalized spacial score (nSPS) is 24.6. The maximum atomic E-state index is 13.1. The second-order valence-electron chi connectivity index (χ2n) is 7.76. The number of nitrogens with zero attached hydrogens (tertiary/aromatic N) is 2. The first-order valence-corrected chi connectivity index (χ1v) is 9.53. The molecule has 1 saturated heterocycles. The van der Waals surface area contributed by atoms with Crippen molar-refractivity contribution in [3.63, 3.8) is 0 Å². The lowest BCUT2D eigenvalue weighted by Crippen LogP contribution is -2.42. The Kier molecular flexibility index (Phi) is 5.28. The van der Waals surface area contributed by atoms with Gasteiger partial charge in [-0.2, -0.15) is 5.10 Å². The van der Waals surface area contributed by atoms with Crippen LogP contribution in [0.4, 0.5) is 0 Å². The predicted octanol–water partition coefficient (Wildman–Crippen LogP) is 3.56. The molecule has 0 aromatic carbocycles. The summed E-state index contributed by atoms with van der Waals surface area (Å²) in [6.45, 7) is 4.85. The molecule has 24 heavy (non-hydrogen) atoms. The summed E-state index contributed by atoms with van der Waals surface area (Å²) in [5.74, 6) is 0.117. The standard InChI is InChI=1S/C19H31N3O2/c1-14-18(15(2)21-20-14)16-9-5-3-8-12-22(16)17(23)13-19(24)10-6-4-7-11-19/h16,24H,3-13H2,1-2H3,(H,20,21). The van der Waals surface area contributed by atoms with E-state index in [0.29, 0.717) is 0 Å². The SMILES string of the molecule is Cc1n[nH]c(C)c1C1CCCCCN1C(=O)CC1(O)CCCCC1. The van der Waals surface area contributed by atoms with E-state index in [0.717, 1.165) is 62.9 Å². The molecule has 0 bridgehead atoms. The molecule has 1 unspecified atom stereocenters. The predicted molar refractivity (Wildman–Crippen MR) is 93.6 cm³/mol. The third-order valence-corrected chi connectivity index (χ3v) is 5.86. The maximum absolute atomic E-state index is 13.1. The molecule has 2 N–H and O–H groups in total. The Labute approximate surface area is 144 Å². The molecular weight excluding hydrogens is 302 g/mol. The number of hydrogen-bond acceptors (Lipinski definition) is 3. The molecule has 0 spiro atoms. The number of hydrogen-bond donors (Lipinski definition) is 2. The Bertz CT molecular complexity index is 556. The maximum Gasteiger partial charge on any atom is 0.225 e. The highest BCUT2D eigenvalue weighted by molar-refractivity contribution is 5.78. The lowest BCUT2D eigenvalue weighted by Gasteiger charge is -2.36. The molecule has 1 aromatic heterocycles. The highest BCUT2D eigenvalue weighted by atomic mass is 16.3. The number of rotatable bonds is 3. The van der Waals surface area contributed by atoms with Gasteiger partial charge in [-0.15, -0.1) is 0 Å². The van der Waals surface area contributed by atoms with Crippen LogP contribution in [0.3, 0.4) is 0 Å². The molecule has 1 atom stereocenters. The second-order valence-corrected chi connectivity index (χ2v) is 7.76. The number of carbonyl (C=O) groups excluding carboxylic acids is 1. The van der Waals surface area contributed by atoms with Crippen LogP contribution >= 0.6 is 0 Å².